The SMILES string of the molecule is O=C1NC(=Nc2ccccc2Cl)S/C1=C\c1cn(Cc2ccc(F)cc2)c2ccccc12. The average molecular weight is 462 g/mol. The largest absolute Gasteiger partial charge is 0.342 e. The van der Waals surface area contributed by atoms with Crippen molar-refractivity contribution in [1.29, 1.82) is 0 Å². The second kappa shape index (κ2) is 8.65. The molecular formula is C25H17ClFN3OS. The van der Waals surface area contributed by atoms with Crippen molar-refractivity contribution in [2.75, 3.05) is 0 Å². The molecule has 1 fully saturated rings. The van der Waals surface area contributed by atoms with Gasteiger partial charge >= 0.3 is 0 Å². The van der Waals surface area contributed by atoms with Crippen LogP contribution >= 0.6 is 23.4 Å². The molecule has 3 aromatic carbocycles. The van der Waals surface area contributed by atoms with Crippen LogP contribution in [0.5, 0.6) is 0 Å². The van der Waals surface area contributed by atoms with Gasteiger partial charge in [0.25, 0.3) is 5.91 Å². The molecule has 1 aliphatic rings. The summed E-state index contributed by atoms with van der Waals surface area (Å²) < 4.78 is 15.4. The maximum atomic E-state index is 13.3. The highest BCUT2D eigenvalue weighted by Crippen LogP contribution is 2.32. The molecule has 5 rings (SSSR count). The Morgan fingerprint density at radius 3 is 2.59 bits per heavy atom. The van der Waals surface area contributed by atoms with E-state index in [1.54, 1.807) is 24.3 Å². The minimum atomic E-state index is -0.255. The zero-order valence-electron chi connectivity index (χ0n) is 16.8. The van der Waals surface area contributed by atoms with E-state index in [9.17, 15) is 9.18 Å². The Balaban J connectivity index is 1.48. The van der Waals surface area contributed by atoms with E-state index in [2.05, 4.69) is 14.9 Å². The molecule has 1 N–H and O–H groups in total. The van der Waals surface area contributed by atoms with Crippen LogP contribution < -0.4 is 5.32 Å². The van der Waals surface area contributed by atoms with Crippen molar-refractivity contribution in [2.24, 2.45) is 4.99 Å². The number of hydrogen-bond acceptors (Lipinski definition) is 3. The van der Waals surface area contributed by atoms with Crippen LogP contribution in [0.1, 0.15) is 11.1 Å². The fourth-order valence-corrected chi connectivity index (χ4v) is 4.58. The summed E-state index contributed by atoms with van der Waals surface area (Å²) in [6.07, 6.45) is 3.89. The third-order valence-corrected chi connectivity index (χ3v) is 6.33. The average Bonchev–Trinajstić information content (AvgIpc) is 3.31. The van der Waals surface area contributed by atoms with Gasteiger partial charge in [0.1, 0.15) is 5.82 Å². The summed E-state index contributed by atoms with van der Waals surface area (Å²) in [5.41, 5.74) is 3.57. The molecular weight excluding hydrogens is 445 g/mol. The van der Waals surface area contributed by atoms with Gasteiger partial charge in [-0.1, -0.05) is 54.1 Å². The number of nitrogens with one attached hydrogen (secondary N) is 1. The Bertz CT molecular complexity index is 1390. The van der Waals surface area contributed by atoms with Crippen LogP contribution in [0.3, 0.4) is 0 Å². The molecule has 2 heterocycles. The van der Waals surface area contributed by atoms with Gasteiger partial charge in [0.15, 0.2) is 5.17 Å². The number of carbonyl (C=O) groups excluding carboxylic acids is 1. The van der Waals surface area contributed by atoms with Crippen molar-refractivity contribution in [1.82, 2.24) is 9.88 Å². The van der Waals surface area contributed by atoms with Crippen molar-refractivity contribution in [3.63, 3.8) is 0 Å². The lowest BCUT2D eigenvalue weighted by Crippen LogP contribution is -2.19. The molecule has 158 valence electrons. The molecule has 32 heavy (non-hydrogen) atoms. The minimum Gasteiger partial charge on any atom is -0.342 e. The summed E-state index contributed by atoms with van der Waals surface area (Å²) in [4.78, 5) is 17.6. The van der Waals surface area contributed by atoms with E-state index in [0.717, 1.165) is 22.0 Å². The number of aromatic nitrogens is 1. The second-order valence-corrected chi connectivity index (χ2v) is 8.73. The number of para-hydroxylation sites is 2. The Labute approximate surface area is 193 Å². The van der Waals surface area contributed by atoms with Crippen LogP contribution in [0, 0.1) is 5.82 Å². The number of fused-ring (bicyclic) bond motifs is 1. The molecule has 0 saturated carbocycles. The van der Waals surface area contributed by atoms with Crippen molar-refractivity contribution in [3.8, 4) is 0 Å². The monoisotopic (exact) mass is 461 g/mol. The predicted molar refractivity (Wildman–Crippen MR) is 130 cm³/mol. The Morgan fingerprint density at radius 1 is 1.03 bits per heavy atom. The summed E-state index contributed by atoms with van der Waals surface area (Å²) in [5.74, 6) is -0.453. The summed E-state index contributed by atoms with van der Waals surface area (Å²) in [6, 6.07) is 21.7. The first-order chi connectivity index (χ1) is 15.6. The highest BCUT2D eigenvalue weighted by Gasteiger charge is 2.24. The number of aliphatic imine (C=N–C) groups is 1. The molecule has 1 aromatic heterocycles. The number of amidine groups is 1. The number of amides is 1. The number of carbonyl (C=O) groups is 1. The molecule has 1 saturated heterocycles. The molecule has 4 nitrogen and oxygen atoms in total. The summed E-state index contributed by atoms with van der Waals surface area (Å²) >= 11 is 7.46. The normalized spacial score (nSPS) is 16.2. The lowest BCUT2D eigenvalue weighted by atomic mass is 10.1. The maximum absolute atomic E-state index is 13.3. The van der Waals surface area contributed by atoms with Crippen molar-refractivity contribution in [2.45, 2.75) is 6.54 Å². The van der Waals surface area contributed by atoms with E-state index in [1.807, 2.05) is 48.7 Å². The molecule has 7 heteroatoms. The topological polar surface area (TPSA) is 46.4 Å². The molecule has 0 radical (unpaired) electrons. The van der Waals surface area contributed by atoms with E-state index in [0.29, 0.717) is 27.3 Å². The fourth-order valence-electron chi connectivity index (χ4n) is 3.58. The highest BCUT2D eigenvalue weighted by atomic mass is 35.5. The van der Waals surface area contributed by atoms with Gasteiger partial charge in [-0.15, -0.1) is 0 Å². The number of thioether (sulfide) groups is 1. The van der Waals surface area contributed by atoms with Crippen LogP contribution in [-0.4, -0.2) is 15.6 Å². The molecule has 4 aromatic rings. The smallest absolute Gasteiger partial charge is 0.264 e. The van der Waals surface area contributed by atoms with Crippen LogP contribution in [0.15, 0.2) is 88.9 Å². The first kappa shape index (κ1) is 20.5. The van der Waals surface area contributed by atoms with Gasteiger partial charge in [-0.05, 0) is 53.7 Å². The van der Waals surface area contributed by atoms with Gasteiger partial charge in [0.2, 0.25) is 0 Å². The van der Waals surface area contributed by atoms with Gasteiger partial charge in [0, 0.05) is 29.2 Å². The molecule has 0 aliphatic carbocycles. The highest BCUT2D eigenvalue weighted by molar-refractivity contribution is 8.18. The van der Waals surface area contributed by atoms with Crippen LogP contribution in [0.4, 0.5) is 10.1 Å². The van der Waals surface area contributed by atoms with E-state index in [-0.39, 0.29) is 11.7 Å². The van der Waals surface area contributed by atoms with E-state index in [1.165, 1.54) is 23.9 Å². The molecule has 0 bridgehead atoms. The van der Waals surface area contributed by atoms with Gasteiger partial charge in [-0.3, -0.25) is 4.79 Å². The summed E-state index contributed by atoms with van der Waals surface area (Å²) in [6.45, 7) is 0.600. The quantitative estimate of drug-likeness (QED) is 0.359. The minimum absolute atomic E-state index is 0.198. The first-order valence-electron chi connectivity index (χ1n) is 9.93. The molecule has 0 spiro atoms. The van der Waals surface area contributed by atoms with Crippen LogP contribution in [0.2, 0.25) is 5.02 Å². The zero-order chi connectivity index (χ0) is 22.1. The maximum Gasteiger partial charge on any atom is 0.264 e. The Hall–Kier alpha value is -3.35. The molecule has 1 amide bonds. The summed E-state index contributed by atoms with van der Waals surface area (Å²) in [7, 11) is 0. The number of benzene rings is 3. The predicted octanol–water partition coefficient (Wildman–Crippen LogP) is 6.37. The number of rotatable bonds is 4. The lowest BCUT2D eigenvalue weighted by Gasteiger charge is -2.05. The molecule has 0 unspecified atom stereocenters. The van der Waals surface area contributed by atoms with E-state index >= 15 is 0 Å². The zero-order valence-corrected chi connectivity index (χ0v) is 18.3. The Kier molecular flexibility index (Phi) is 5.55. The van der Waals surface area contributed by atoms with Crippen molar-refractivity contribution in [3.05, 3.63) is 106 Å². The van der Waals surface area contributed by atoms with Gasteiger partial charge < -0.3 is 9.88 Å². The lowest BCUT2D eigenvalue weighted by molar-refractivity contribution is -0.115. The number of hydrogen-bond donors (Lipinski definition) is 1. The van der Waals surface area contributed by atoms with E-state index < -0.39 is 0 Å². The van der Waals surface area contributed by atoms with Crippen molar-refractivity contribution >= 4 is 57.1 Å². The van der Waals surface area contributed by atoms with Crippen LogP contribution in [-0.2, 0) is 11.3 Å². The number of nitrogens with zero attached hydrogens (tertiary/aromatic N) is 2. The van der Waals surface area contributed by atoms with Crippen molar-refractivity contribution < 1.29 is 9.18 Å². The Morgan fingerprint density at radius 2 is 1.78 bits per heavy atom. The third-order valence-electron chi connectivity index (χ3n) is 5.10. The second-order valence-electron chi connectivity index (χ2n) is 7.29. The van der Waals surface area contributed by atoms with Gasteiger partial charge in [-0.25, -0.2) is 9.38 Å². The fraction of sp³-hybridized carbons (Fsp3) is 0.0400. The molecule has 1 aliphatic heterocycles. The third kappa shape index (κ3) is 4.20. The first-order valence-corrected chi connectivity index (χ1v) is 11.1. The van der Waals surface area contributed by atoms with Crippen LogP contribution in [0.25, 0.3) is 17.0 Å². The summed E-state index contributed by atoms with van der Waals surface area (Å²) in [5, 5.41) is 4.85. The van der Waals surface area contributed by atoms with E-state index in [4.69, 9.17) is 11.6 Å². The van der Waals surface area contributed by atoms with Gasteiger partial charge in [-0.2, -0.15) is 0 Å². The standard InChI is InChI=1S/C25H17ClFN3OS/c26-20-6-2-3-7-21(20)28-25-29-24(31)23(32-25)13-17-15-30(22-8-4-1-5-19(17)22)14-16-9-11-18(27)12-10-16/h1-13,15H,14H2,(H,28,29,31)/b23-13-. The molecule has 0 atom stereocenters. The van der Waals surface area contributed by atoms with Gasteiger partial charge in [0.05, 0.1) is 15.6 Å². The number of halogens is 2.